The summed E-state index contributed by atoms with van der Waals surface area (Å²) in [7, 11) is 0. The van der Waals surface area contributed by atoms with Crippen molar-refractivity contribution in [2.75, 3.05) is 11.1 Å². The Kier molecular flexibility index (Phi) is 7.84. The maximum Gasteiger partial charge on any atom is 0.248 e. The van der Waals surface area contributed by atoms with E-state index in [2.05, 4.69) is 35.2 Å². The second-order valence-electron chi connectivity index (χ2n) is 5.20. The number of rotatable bonds is 5. The van der Waals surface area contributed by atoms with E-state index >= 15 is 0 Å². The van der Waals surface area contributed by atoms with Crippen molar-refractivity contribution in [3.8, 4) is 0 Å². The minimum atomic E-state index is -0.160. The van der Waals surface area contributed by atoms with Crippen LogP contribution in [0.4, 0.5) is 5.69 Å². The molecule has 0 aromatic heterocycles. The highest BCUT2D eigenvalue weighted by Crippen LogP contribution is 2.22. The predicted molar refractivity (Wildman–Crippen MR) is 111 cm³/mol. The number of carbonyl (C=O) groups is 1. The molecule has 2 aromatic rings. The molecule has 132 valence electrons. The maximum atomic E-state index is 11.9. The Morgan fingerprint density at radius 1 is 1.12 bits per heavy atom. The van der Waals surface area contributed by atoms with Gasteiger partial charge in [-0.05, 0) is 48.5 Å². The molecule has 0 unspecified atom stereocenters. The molecule has 0 aliphatic heterocycles. The number of carbonyl (C=O) groups excluding carboxylic acids is 1. The standard InChI is InChI=1S/C17H17Cl2N3OS2/c1-11-4-2-3-5-12(11)9-25-10-16(23)21-22-17(24)20-15-7-13(18)6-14(19)8-15/h2-8H,9-10H2,1H3,(H,21,23)(H2,20,22,24). The SMILES string of the molecule is Cc1ccccc1CSCC(=O)NNC(=S)Nc1cc(Cl)cc(Cl)c1. The first-order chi connectivity index (χ1) is 11.9. The van der Waals surface area contributed by atoms with Gasteiger partial charge in [0, 0.05) is 21.5 Å². The molecule has 0 spiro atoms. The van der Waals surface area contributed by atoms with Crippen LogP contribution < -0.4 is 16.2 Å². The minimum absolute atomic E-state index is 0.160. The lowest BCUT2D eigenvalue weighted by atomic mass is 10.1. The monoisotopic (exact) mass is 413 g/mol. The maximum absolute atomic E-state index is 11.9. The van der Waals surface area contributed by atoms with Crippen molar-refractivity contribution in [1.29, 1.82) is 0 Å². The van der Waals surface area contributed by atoms with E-state index in [1.165, 1.54) is 22.9 Å². The van der Waals surface area contributed by atoms with Crippen LogP contribution in [-0.2, 0) is 10.5 Å². The van der Waals surface area contributed by atoms with Gasteiger partial charge in [0.05, 0.1) is 5.75 Å². The quantitative estimate of drug-likeness (QED) is 0.495. The number of nitrogens with one attached hydrogen (secondary N) is 3. The van der Waals surface area contributed by atoms with E-state index in [4.69, 9.17) is 35.4 Å². The van der Waals surface area contributed by atoms with Crippen LogP contribution >= 0.6 is 47.2 Å². The molecule has 0 aliphatic carbocycles. The number of hydrogen-bond acceptors (Lipinski definition) is 3. The third-order valence-corrected chi connectivity index (χ3v) is 4.81. The van der Waals surface area contributed by atoms with Gasteiger partial charge in [-0.1, -0.05) is 47.5 Å². The van der Waals surface area contributed by atoms with Crippen molar-refractivity contribution in [2.24, 2.45) is 0 Å². The van der Waals surface area contributed by atoms with Crippen LogP contribution in [0.2, 0.25) is 10.0 Å². The Morgan fingerprint density at radius 2 is 1.80 bits per heavy atom. The molecule has 3 N–H and O–H groups in total. The Balaban J connectivity index is 1.70. The third kappa shape index (κ3) is 7.12. The number of anilines is 1. The molecule has 25 heavy (non-hydrogen) atoms. The van der Waals surface area contributed by atoms with Crippen molar-refractivity contribution in [3.63, 3.8) is 0 Å². The molecule has 2 rings (SSSR count). The molecule has 0 atom stereocenters. The van der Waals surface area contributed by atoms with E-state index in [0.29, 0.717) is 21.5 Å². The van der Waals surface area contributed by atoms with Crippen LogP contribution in [-0.4, -0.2) is 16.8 Å². The number of aryl methyl sites for hydroxylation is 1. The highest BCUT2D eigenvalue weighted by atomic mass is 35.5. The van der Waals surface area contributed by atoms with Gasteiger partial charge in [-0.15, -0.1) is 11.8 Å². The van der Waals surface area contributed by atoms with Crippen molar-refractivity contribution in [1.82, 2.24) is 10.9 Å². The zero-order valence-corrected chi connectivity index (χ0v) is 16.6. The summed E-state index contributed by atoms with van der Waals surface area (Å²) in [4.78, 5) is 11.9. The van der Waals surface area contributed by atoms with Gasteiger partial charge in [0.15, 0.2) is 5.11 Å². The second-order valence-corrected chi connectivity index (χ2v) is 7.47. The van der Waals surface area contributed by atoms with Gasteiger partial charge >= 0.3 is 0 Å². The number of amides is 1. The summed E-state index contributed by atoms with van der Waals surface area (Å²) in [5, 5.41) is 4.13. The van der Waals surface area contributed by atoms with Crippen LogP contribution in [0.5, 0.6) is 0 Å². The van der Waals surface area contributed by atoms with E-state index in [1.807, 2.05) is 12.1 Å². The van der Waals surface area contributed by atoms with E-state index in [-0.39, 0.29) is 11.0 Å². The van der Waals surface area contributed by atoms with Gasteiger partial charge in [0.25, 0.3) is 0 Å². The zero-order valence-electron chi connectivity index (χ0n) is 13.4. The average Bonchev–Trinajstić information content (AvgIpc) is 2.54. The fraction of sp³-hybridized carbons (Fsp3) is 0.176. The van der Waals surface area contributed by atoms with Crippen LogP contribution in [0, 0.1) is 6.92 Å². The average molecular weight is 414 g/mol. The summed E-state index contributed by atoms with van der Waals surface area (Å²) < 4.78 is 0. The molecule has 1 amide bonds. The molecule has 0 aliphatic rings. The van der Waals surface area contributed by atoms with E-state index < -0.39 is 0 Å². The van der Waals surface area contributed by atoms with Crippen molar-refractivity contribution in [3.05, 3.63) is 63.6 Å². The van der Waals surface area contributed by atoms with Crippen LogP contribution in [0.3, 0.4) is 0 Å². The number of hydrazine groups is 1. The summed E-state index contributed by atoms with van der Waals surface area (Å²) in [6, 6.07) is 13.1. The van der Waals surface area contributed by atoms with Gasteiger partial charge in [-0.3, -0.25) is 15.6 Å². The van der Waals surface area contributed by atoms with Crippen LogP contribution in [0.1, 0.15) is 11.1 Å². The van der Waals surface area contributed by atoms with Gasteiger partial charge in [0.2, 0.25) is 5.91 Å². The highest BCUT2D eigenvalue weighted by molar-refractivity contribution is 7.99. The van der Waals surface area contributed by atoms with Gasteiger partial charge in [-0.2, -0.15) is 0 Å². The largest absolute Gasteiger partial charge is 0.331 e. The third-order valence-electron chi connectivity index (χ3n) is 3.19. The first kappa shape index (κ1) is 19.8. The number of benzene rings is 2. The Bertz CT molecular complexity index is 751. The normalized spacial score (nSPS) is 10.2. The lowest BCUT2D eigenvalue weighted by molar-refractivity contribution is -0.119. The molecule has 0 bridgehead atoms. The van der Waals surface area contributed by atoms with Crippen molar-refractivity contribution < 1.29 is 4.79 Å². The molecule has 8 heteroatoms. The molecule has 0 radical (unpaired) electrons. The zero-order chi connectivity index (χ0) is 18.2. The molecular weight excluding hydrogens is 397 g/mol. The van der Waals surface area contributed by atoms with Crippen LogP contribution in [0.15, 0.2) is 42.5 Å². The van der Waals surface area contributed by atoms with Gasteiger partial charge in [-0.25, -0.2) is 0 Å². The first-order valence-electron chi connectivity index (χ1n) is 7.38. The molecule has 0 saturated carbocycles. The number of thioether (sulfide) groups is 1. The molecule has 4 nitrogen and oxygen atoms in total. The van der Waals surface area contributed by atoms with Gasteiger partial charge < -0.3 is 5.32 Å². The van der Waals surface area contributed by atoms with E-state index in [1.54, 1.807) is 18.2 Å². The van der Waals surface area contributed by atoms with Crippen LogP contribution in [0.25, 0.3) is 0 Å². The lowest BCUT2D eigenvalue weighted by Crippen LogP contribution is -2.44. The molecule has 0 heterocycles. The first-order valence-corrected chi connectivity index (χ1v) is 9.70. The molecule has 2 aromatic carbocycles. The second kappa shape index (κ2) is 9.87. The van der Waals surface area contributed by atoms with Crippen molar-refractivity contribution in [2.45, 2.75) is 12.7 Å². The summed E-state index contributed by atoms with van der Waals surface area (Å²) in [6.45, 7) is 2.06. The molecule has 0 saturated heterocycles. The smallest absolute Gasteiger partial charge is 0.248 e. The fourth-order valence-corrected chi connectivity index (χ4v) is 3.57. The summed E-state index contributed by atoms with van der Waals surface area (Å²) >= 11 is 18.5. The fourth-order valence-electron chi connectivity index (χ4n) is 1.98. The van der Waals surface area contributed by atoms with Gasteiger partial charge in [0.1, 0.15) is 0 Å². The minimum Gasteiger partial charge on any atom is -0.331 e. The predicted octanol–water partition coefficient (Wildman–Crippen LogP) is 4.55. The Hall–Kier alpha value is -1.47. The highest BCUT2D eigenvalue weighted by Gasteiger charge is 2.05. The summed E-state index contributed by atoms with van der Waals surface area (Å²) in [5.41, 5.74) is 8.29. The number of halogens is 2. The molecular formula is C17H17Cl2N3OS2. The Morgan fingerprint density at radius 3 is 2.48 bits per heavy atom. The lowest BCUT2D eigenvalue weighted by Gasteiger charge is -2.12. The van der Waals surface area contributed by atoms with E-state index in [0.717, 1.165) is 5.75 Å². The molecule has 0 fully saturated rings. The summed E-state index contributed by atoms with van der Waals surface area (Å²) in [6.07, 6.45) is 0. The van der Waals surface area contributed by atoms with Crippen molar-refractivity contribution >= 4 is 63.9 Å². The summed E-state index contributed by atoms with van der Waals surface area (Å²) in [5.74, 6) is 0.948. The number of thiocarbonyl (C=S) groups is 1. The topological polar surface area (TPSA) is 53.2 Å². The van der Waals surface area contributed by atoms with E-state index in [9.17, 15) is 4.79 Å². The Labute approximate surface area is 166 Å². The number of hydrogen-bond donors (Lipinski definition) is 3.